The zero-order valence-corrected chi connectivity index (χ0v) is 10.7. The maximum Gasteiger partial charge on any atom is 0.407 e. The minimum Gasteiger partial charge on any atom is -0.481 e. The van der Waals surface area contributed by atoms with Crippen LogP contribution >= 0.6 is 0 Å². The molecule has 0 aromatic heterocycles. The predicted molar refractivity (Wildman–Crippen MR) is 61.8 cm³/mol. The average molecular weight is 244 g/mol. The Balaban J connectivity index is 2.55. The highest BCUT2D eigenvalue weighted by Crippen LogP contribution is 2.16. The molecule has 1 rings (SSSR count). The summed E-state index contributed by atoms with van der Waals surface area (Å²) in [6.07, 6.45) is -0.566. The van der Waals surface area contributed by atoms with Gasteiger partial charge in [0.05, 0.1) is 12.0 Å². The van der Waals surface area contributed by atoms with Crippen molar-refractivity contribution >= 4 is 12.1 Å². The summed E-state index contributed by atoms with van der Waals surface area (Å²) in [7, 11) is 1.83. The number of hydrogen-bond donors (Lipinski definition) is 2. The number of ether oxygens (including phenoxy) is 1. The van der Waals surface area contributed by atoms with Crippen LogP contribution in [0.2, 0.25) is 0 Å². The number of carbonyl (C=O) groups excluding carboxylic acids is 1. The number of likely N-dealkylation sites (tertiary alicyclic amines) is 1. The summed E-state index contributed by atoms with van der Waals surface area (Å²) in [4.78, 5) is 24.4. The topological polar surface area (TPSA) is 78.9 Å². The summed E-state index contributed by atoms with van der Waals surface area (Å²) in [5.41, 5.74) is -0.576. The average Bonchev–Trinajstić information content (AvgIpc) is 2.42. The molecule has 0 aromatic rings. The van der Waals surface area contributed by atoms with Crippen LogP contribution in [0, 0.1) is 5.92 Å². The molecule has 98 valence electrons. The Labute approximate surface area is 101 Å². The van der Waals surface area contributed by atoms with E-state index in [9.17, 15) is 9.59 Å². The van der Waals surface area contributed by atoms with Gasteiger partial charge in [-0.2, -0.15) is 0 Å². The molecule has 1 fully saturated rings. The number of aliphatic carboxylic acids is 1. The molecule has 2 N–H and O–H groups in total. The van der Waals surface area contributed by atoms with Gasteiger partial charge in [0.1, 0.15) is 5.60 Å². The van der Waals surface area contributed by atoms with Gasteiger partial charge in [0, 0.05) is 13.1 Å². The van der Waals surface area contributed by atoms with Crippen molar-refractivity contribution in [1.82, 2.24) is 10.2 Å². The maximum atomic E-state index is 11.5. The van der Waals surface area contributed by atoms with Crippen LogP contribution in [0.5, 0.6) is 0 Å². The molecule has 1 saturated heterocycles. The van der Waals surface area contributed by atoms with Crippen LogP contribution in [0.15, 0.2) is 0 Å². The Morgan fingerprint density at radius 2 is 1.94 bits per heavy atom. The lowest BCUT2D eigenvalue weighted by atomic mass is 10.0. The van der Waals surface area contributed by atoms with Gasteiger partial charge in [0.2, 0.25) is 0 Å². The molecule has 0 spiro atoms. The molecule has 0 bridgehead atoms. The van der Waals surface area contributed by atoms with Crippen LogP contribution in [0.25, 0.3) is 0 Å². The Hall–Kier alpha value is -1.30. The molecule has 0 radical (unpaired) electrons. The van der Waals surface area contributed by atoms with E-state index in [0.717, 1.165) is 0 Å². The lowest BCUT2D eigenvalue weighted by Crippen LogP contribution is -2.45. The second kappa shape index (κ2) is 4.91. The molecule has 1 amide bonds. The Kier molecular flexibility index (Phi) is 3.98. The van der Waals surface area contributed by atoms with Crippen molar-refractivity contribution in [3.63, 3.8) is 0 Å². The van der Waals surface area contributed by atoms with Gasteiger partial charge in [-0.3, -0.25) is 4.79 Å². The predicted octanol–water partition coefficient (Wildman–Crippen LogP) is 0.526. The largest absolute Gasteiger partial charge is 0.481 e. The zero-order chi connectivity index (χ0) is 13.2. The monoisotopic (exact) mass is 244 g/mol. The highest BCUT2D eigenvalue weighted by Gasteiger charge is 2.37. The molecular weight excluding hydrogens is 224 g/mol. The van der Waals surface area contributed by atoms with Crippen LogP contribution in [0.4, 0.5) is 4.79 Å². The first-order valence-electron chi connectivity index (χ1n) is 5.60. The summed E-state index contributed by atoms with van der Waals surface area (Å²) in [6, 6.07) is -0.396. The van der Waals surface area contributed by atoms with E-state index in [2.05, 4.69) is 5.32 Å². The number of carbonyl (C=O) groups is 2. The highest BCUT2D eigenvalue weighted by molar-refractivity contribution is 5.74. The first-order chi connectivity index (χ1) is 7.69. The van der Waals surface area contributed by atoms with Crippen molar-refractivity contribution in [3.8, 4) is 0 Å². The Morgan fingerprint density at radius 3 is 2.41 bits per heavy atom. The fraction of sp³-hybridized carbons (Fsp3) is 0.818. The number of nitrogens with one attached hydrogen (secondary N) is 1. The van der Waals surface area contributed by atoms with Crippen LogP contribution in [0.1, 0.15) is 20.8 Å². The lowest BCUT2D eigenvalue weighted by molar-refractivity contribution is -0.141. The molecule has 1 heterocycles. The van der Waals surface area contributed by atoms with Gasteiger partial charge in [-0.25, -0.2) is 4.79 Å². The van der Waals surface area contributed by atoms with Crippen molar-refractivity contribution in [2.45, 2.75) is 32.4 Å². The maximum absolute atomic E-state index is 11.5. The summed E-state index contributed by atoms with van der Waals surface area (Å²) >= 11 is 0. The summed E-state index contributed by atoms with van der Waals surface area (Å²) < 4.78 is 5.10. The Morgan fingerprint density at radius 1 is 1.35 bits per heavy atom. The third-order valence-corrected chi connectivity index (χ3v) is 2.52. The first-order valence-corrected chi connectivity index (χ1v) is 5.60. The second-order valence-electron chi connectivity index (χ2n) is 5.42. The van der Waals surface area contributed by atoms with Gasteiger partial charge in [-0.15, -0.1) is 0 Å². The number of carboxylic acids is 1. The van der Waals surface area contributed by atoms with Crippen LogP contribution in [0.3, 0.4) is 0 Å². The number of hydrogen-bond acceptors (Lipinski definition) is 4. The van der Waals surface area contributed by atoms with Crippen molar-refractivity contribution in [3.05, 3.63) is 0 Å². The minimum atomic E-state index is -0.893. The third kappa shape index (κ3) is 4.22. The number of likely N-dealkylation sites (N-methyl/N-ethyl adjacent to an activating group) is 1. The van der Waals surface area contributed by atoms with E-state index in [1.165, 1.54) is 0 Å². The molecule has 0 aromatic carbocycles. The third-order valence-electron chi connectivity index (χ3n) is 2.52. The molecule has 17 heavy (non-hydrogen) atoms. The summed E-state index contributed by atoms with van der Waals surface area (Å²) in [5.74, 6) is -1.47. The zero-order valence-electron chi connectivity index (χ0n) is 10.7. The number of alkyl carbamates (subject to hydrolysis) is 1. The first kappa shape index (κ1) is 13.8. The molecular formula is C11H20N2O4. The second-order valence-corrected chi connectivity index (χ2v) is 5.42. The molecule has 1 aliphatic rings. The van der Waals surface area contributed by atoms with Crippen LogP contribution in [-0.2, 0) is 9.53 Å². The molecule has 0 aliphatic carbocycles. The smallest absolute Gasteiger partial charge is 0.407 e. The standard InChI is InChI=1S/C11H20N2O4/c1-11(2,3)17-10(16)12-8-6-13(4)5-7(8)9(14)15/h7-8H,5-6H2,1-4H3,(H,12,16)(H,14,15)/t7-,8-/m0/s1. The van der Waals surface area contributed by atoms with Gasteiger partial charge < -0.3 is 20.1 Å². The van der Waals surface area contributed by atoms with E-state index in [0.29, 0.717) is 13.1 Å². The summed E-state index contributed by atoms with van der Waals surface area (Å²) in [5, 5.41) is 11.6. The van der Waals surface area contributed by atoms with Gasteiger partial charge in [-0.05, 0) is 27.8 Å². The number of nitrogens with zero attached hydrogens (tertiary/aromatic N) is 1. The van der Waals surface area contributed by atoms with E-state index in [1.807, 2.05) is 11.9 Å². The van der Waals surface area contributed by atoms with E-state index in [1.54, 1.807) is 20.8 Å². The van der Waals surface area contributed by atoms with Crippen LogP contribution in [-0.4, -0.2) is 53.8 Å². The number of carboxylic acid groups (broad SMARTS) is 1. The number of rotatable bonds is 2. The SMILES string of the molecule is CN1C[C@H](NC(=O)OC(C)(C)C)[C@@H](C(=O)O)C1. The highest BCUT2D eigenvalue weighted by atomic mass is 16.6. The van der Waals surface area contributed by atoms with E-state index < -0.39 is 29.6 Å². The molecule has 2 atom stereocenters. The van der Waals surface area contributed by atoms with Gasteiger partial charge >= 0.3 is 12.1 Å². The molecule has 0 saturated carbocycles. The van der Waals surface area contributed by atoms with Crippen molar-refractivity contribution < 1.29 is 19.4 Å². The quantitative estimate of drug-likeness (QED) is 0.740. The van der Waals surface area contributed by atoms with E-state index >= 15 is 0 Å². The van der Waals surface area contributed by atoms with Crippen molar-refractivity contribution in [2.24, 2.45) is 5.92 Å². The summed E-state index contributed by atoms with van der Waals surface area (Å²) in [6.45, 7) is 6.26. The molecule has 6 heteroatoms. The normalized spacial score (nSPS) is 25.6. The Bertz CT molecular complexity index is 311. The van der Waals surface area contributed by atoms with Gasteiger partial charge in [0.15, 0.2) is 0 Å². The fourth-order valence-electron chi connectivity index (χ4n) is 1.86. The van der Waals surface area contributed by atoms with Gasteiger partial charge in [-0.1, -0.05) is 0 Å². The fourth-order valence-corrected chi connectivity index (χ4v) is 1.86. The number of amides is 1. The van der Waals surface area contributed by atoms with Crippen LogP contribution < -0.4 is 5.32 Å². The minimum absolute atomic E-state index is 0.396. The molecule has 1 aliphatic heterocycles. The lowest BCUT2D eigenvalue weighted by Gasteiger charge is -2.22. The van der Waals surface area contributed by atoms with Crippen molar-refractivity contribution in [2.75, 3.05) is 20.1 Å². The van der Waals surface area contributed by atoms with E-state index in [-0.39, 0.29) is 0 Å². The van der Waals surface area contributed by atoms with Crippen molar-refractivity contribution in [1.29, 1.82) is 0 Å². The van der Waals surface area contributed by atoms with Gasteiger partial charge in [0.25, 0.3) is 0 Å². The molecule has 6 nitrogen and oxygen atoms in total. The molecule has 0 unspecified atom stereocenters. The van der Waals surface area contributed by atoms with E-state index in [4.69, 9.17) is 9.84 Å².